The fraction of sp³-hybridized carbons (Fsp3) is 0.545. The fourth-order valence-corrected chi connectivity index (χ4v) is 8.28. The Morgan fingerprint density at radius 1 is 1.20 bits per heavy atom. The van der Waals surface area contributed by atoms with Gasteiger partial charge in [-0.3, -0.25) is 19.4 Å². The number of nitrogens with zero attached hydrogens (tertiary/aromatic N) is 2. The maximum atomic E-state index is 13.8. The molecule has 0 amide bonds. The summed E-state index contributed by atoms with van der Waals surface area (Å²) in [5, 5.41) is 11.7. The Morgan fingerprint density at radius 3 is 2.63 bits per heavy atom. The molecule has 218 valence electrons. The maximum absolute atomic E-state index is 13.8. The second-order valence-electron chi connectivity index (χ2n) is 13.0. The number of ketones is 2. The van der Waals surface area contributed by atoms with Crippen LogP contribution in [-0.2, 0) is 16.1 Å². The van der Waals surface area contributed by atoms with E-state index in [-0.39, 0.29) is 53.3 Å². The van der Waals surface area contributed by atoms with Gasteiger partial charge in [-0.1, -0.05) is 33.8 Å². The van der Waals surface area contributed by atoms with Crippen molar-refractivity contribution in [1.29, 1.82) is 0 Å². The van der Waals surface area contributed by atoms with Gasteiger partial charge in [0.15, 0.2) is 5.78 Å². The number of hydrogen-bond acceptors (Lipinski definition) is 7. The summed E-state index contributed by atoms with van der Waals surface area (Å²) in [7, 11) is 0. The third-order valence-electron chi connectivity index (χ3n) is 11.1. The Bertz CT molecular complexity index is 1430. The van der Waals surface area contributed by atoms with Crippen LogP contribution in [0.3, 0.4) is 0 Å². The second kappa shape index (κ2) is 10.5. The minimum absolute atomic E-state index is 0.0708. The molecular formula is C33H40N2O6. The molecule has 41 heavy (non-hydrogen) atoms. The van der Waals surface area contributed by atoms with Crippen molar-refractivity contribution in [2.75, 3.05) is 0 Å². The van der Waals surface area contributed by atoms with E-state index in [0.717, 1.165) is 12.8 Å². The molecule has 0 radical (unpaired) electrons. The highest BCUT2D eigenvalue weighted by Gasteiger charge is 2.68. The van der Waals surface area contributed by atoms with Crippen LogP contribution in [0.2, 0.25) is 0 Å². The molecule has 2 bridgehead atoms. The molecule has 8 heteroatoms. The van der Waals surface area contributed by atoms with Crippen LogP contribution in [0.1, 0.15) is 80.5 Å². The van der Waals surface area contributed by atoms with Crippen molar-refractivity contribution < 1.29 is 24.2 Å². The van der Waals surface area contributed by atoms with Crippen molar-refractivity contribution in [3.8, 4) is 0 Å². The molecule has 2 unspecified atom stereocenters. The quantitative estimate of drug-likeness (QED) is 0.311. The minimum Gasteiger partial charge on any atom is -0.458 e. The highest BCUT2D eigenvalue weighted by atomic mass is 16.5. The number of esters is 1. The van der Waals surface area contributed by atoms with Gasteiger partial charge < -0.3 is 14.4 Å². The lowest BCUT2D eigenvalue weighted by atomic mass is 9.44. The standard InChI is InChI=1S/C33H40N2O6/c1-6-31(4)17-26(32(5)20(2)11-13-33(21(3)28(31)38)14-12-24(36)27(32)33)41-30(40)23-10-8-16-35(29(23)39)19-25(37)22-9-7-15-34-18-22/h6-10,15-16,18,20-21,26-28,38H,1,11-14,17,19H2,2-5H3/t20-,21+,26-,27?,28+,31-,32+,33?/m1/s1. The predicted octanol–water partition coefficient (Wildman–Crippen LogP) is 4.65. The van der Waals surface area contributed by atoms with Gasteiger partial charge in [0.2, 0.25) is 0 Å². The van der Waals surface area contributed by atoms with Crippen molar-refractivity contribution >= 4 is 17.5 Å². The Morgan fingerprint density at radius 2 is 1.95 bits per heavy atom. The molecule has 3 saturated carbocycles. The smallest absolute Gasteiger partial charge is 0.344 e. The topological polar surface area (TPSA) is 116 Å². The summed E-state index contributed by atoms with van der Waals surface area (Å²) in [5.41, 5.74) is -2.31. The second-order valence-corrected chi connectivity index (χ2v) is 13.0. The number of rotatable bonds is 6. The van der Waals surface area contributed by atoms with Crippen molar-refractivity contribution in [3.63, 3.8) is 0 Å². The van der Waals surface area contributed by atoms with E-state index < -0.39 is 34.6 Å². The molecule has 3 aliphatic carbocycles. The first-order valence-electron chi connectivity index (χ1n) is 14.6. The summed E-state index contributed by atoms with van der Waals surface area (Å²) < 4.78 is 7.47. The largest absolute Gasteiger partial charge is 0.458 e. The average molecular weight is 561 g/mol. The van der Waals surface area contributed by atoms with Crippen molar-refractivity contribution in [2.24, 2.45) is 34.0 Å². The van der Waals surface area contributed by atoms with Crippen LogP contribution in [0.4, 0.5) is 0 Å². The first-order valence-corrected chi connectivity index (χ1v) is 14.6. The number of aliphatic hydroxyl groups is 1. The first-order chi connectivity index (χ1) is 19.4. The number of carbonyl (C=O) groups excluding carboxylic acids is 3. The van der Waals surface area contributed by atoms with E-state index in [4.69, 9.17) is 4.74 Å². The van der Waals surface area contributed by atoms with E-state index in [1.807, 2.05) is 6.92 Å². The van der Waals surface area contributed by atoms with E-state index in [2.05, 4.69) is 32.3 Å². The Kier molecular flexibility index (Phi) is 7.43. The van der Waals surface area contributed by atoms with Crippen LogP contribution < -0.4 is 5.56 Å². The number of hydrogen-bond donors (Lipinski definition) is 1. The molecule has 0 aromatic carbocycles. The third kappa shape index (κ3) is 4.51. The summed E-state index contributed by atoms with van der Waals surface area (Å²) >= 11 is 0. The molecule has 2 heterocycles. The van der Waals surface area contributed by atoms with Crippen LogP contribution in [0.25, 0.3) is 0 Å². The van der Waals surface area contributed by atoms with E-state index in [0.29, 0.717) is 18.4 Å². The number of Topliss-reactive ketones (excluding diaryl/α,β-unsaturated/α-hetero) is 2. The minimum atomic E-state index is -0.798. The molecule has 0 aliphatic heterocycles. The highest BCUT2D eigenvalue weighted by Crippen LogP contribution is 2.68. The highest BCUT2D eigenvalue weighted by molar-refractivity contribution is 5.95. The third-order valence-corrected chi connectivity index (χ3v) is 11.1. The van der Waals surface area contributed by atoms with Gasteiger partial charge in [-0.05, 0) is 67.2 Å². The van der Waals surface area contributed by atoms with Gasteiger partial charge in [0.25, 0.3) is 5.56 Å². The van der Waals surface area contributed by atoms with Crippen molar-refractivity contribution in [3.05, 3.63) is 77.0 Å². The summed E-state index contributed by atoms with van der Waals surface area (Å²) in [5.74, 6) is -1.37. The first kappa shape index (κ1) is 29.1. The van der Waals surface area contributed by atoms with Crippen LogP contribution in [0.15, 0.2) is 60.3 Å². The SMILES string of the molecule is C=C[C@]1(C)C[C@@H](OC(=O)c2cccn(CC(=O)c3cccnc3)c2=O)[C@@]2(C)C3C(=O)CCC3(CC[C@H]2C)[C@@H](C)[C@@H]1O. The number of carbonyl (C=O) groups is 3. The van der Waals surface area contributed by atoms with E-state index >= 15 is 0 Å². The molecule has 3 aliphatic rings. The van der Waals surface area contributed by atoms with Crippen molar-refractivity contribution in [2.45, 2.75) is 78.6 Å². The molecule has 2 aromatic rings. The summed E-state index contributed by atoms with van der Waals surface area (Å²) in [6, 6.07) is 6.21. The molecule has 1 N–H and O–H groups in total. The van der Waals surface area contributed by atoms with Crippen LogP contribution >= 0.6 is 0 Å². The molecule has 8 nitrogen and oxygen atoms in total. The zero-order valence-electron chi connectivity index (χ0n) is 24.3. The van der Waals surface area contributed by atoms with Crippen LogP contribution in [0.5, 0.6) is 0 Å². The lowest BCUT2D eigenvalue weighted by molar-refractivity contribution is -0.192. The van der Waals surface area contributed by atoms with E-state index in [9.17, 15) is 24.3 Å². The van der Waals surface area contributed by atoms with Gasteiger partial charge in [-0.15, -0.1) is 6.58 Å². The zero-order chi connectivity index (χ0) is 29.7. The summed E-state index contributed by atoms with van der Waals surface area (Å²) in [4.78, 5) is 57.5. The maximum Gasteiger partial charge on any atom is 0.344 e. The average Bonchev–Trinajstić information content (AvgIpc) is 3.32. The molecule has 0 saturated heterocycles. The van der Waals surface area contributed by atoms with Gasteiger partial charge >= 0.3 is 5.97 Å². The molecular weight excluding hydrogens is 520 g/mol. The Labute approximate surface area is 240 Å². The van der Waals surface area contributed by atoms with Crippen molar-refractivity contribution in [1.82, 2.24) is 9.55 Å². The zero-order valence-corrected chi connectivity index (χ0v) is 24.3. The van der Waals surface area contributed by atoms with Gasteiger partial charge in [-0.25, -0.2) is 4.79 Å². The Hall–Kier alpha value is -3.39. The number of aromatic nitrogens is 2. The van der Waals surface area contributed by atoms with E-state index in [1.54, 1.807) is 30.5 Å². The van der Waals surface area contributed by atoms with Gasteiger partial charge in [0.1, 0.15) is 17.5 Å². The summed E-state index contributed by atoms with van der Waals surface area (Å²) in [6.45, 7) is 11.9. The predicted molar refractivity (Wildman–Crippen MR) is 153 cm³/mol. The molecule has 0 spiro atoms. The molecule has 2 aromatic heterocycles. The lowest BCUT2D eigenvalue weighted by Crippen LogP contribution is -2.63. The number of aliphatic hydroxyl groups excluding tert-OH is 1. The number of pyridine rings is 2. The lowest BCUT2D eigenvalue weighted by Gasteiger charge is -2.61. The fourth-order valence-electron chi connectivity index (χ4n) is 8.28. The van der Waals surface area contributed by atoms with Crippen LogP contribution in [-0.4, -0.2) is 44.4 Å². The summed E-state index contributed by atoms with van der Waals surface area (Å²) in [6.07, 6.45) is 7.79. The van der Waals surface area contributed by atoms with E-state index in [1.165, 1.54) is 23.0 Å². The Balaban J connectivity index is 1.52. The number of ether oxygens (including phenoxy) is 1. The van der Waals surface area contributed by atoms with Gasteiger partial charge in [-0.2, -0.15) is 0 Å². The van der Waals surface area contributed by atoms with Gasteiger partial charge in [0.05, 0.1) is 12.6 Å². The normalized spacial score (nSPS) is 36.5. The monoisotopic (exact) mass is 560 g/mol. The van der Waals surface area contributed by atoms with Crippen LogP contribution in [0, 0.1) is 34.0 Å². The molecule has 5 rings (SSSR count). The van der Waals surface area contributed by atoms with Gasteiger partial charge in [0, 0.05) is 47.3 Å². The molecule has 8 atom stereocenters. The molecule has 3 fully saturated rings.